The van der Waals surface area contributed by atoms with E-state index in [9.17, 15) is 19.5 Å². The van der Waals surface area contributed by atoms with Gasteiger partial charge in [0, 0.05) is 31.1 Å². The topological polar surface area (TPSA) is 108 Å². The van der Waals surface area contributed by atoms with E-state index in [-0.39, 0.29) is 29.2 Å². The van der Waals surface area contributed by atoms with Gasteiger partial charge in [0.25, 0.3) is 0 Å². The van der Waals surface area contributed by atoms with Crippen molar-refractivity contribution in [3.05, 3.63) is 35.9 Å². The average Bonchev–Trinajstić information content (AvgIpc) is 3.44. The first-order chi connectivity index (χ1) is 16.9. The van der Waals surface area contributed by atoms with Crippen LogP contribution in [0.4, 0.5) is 0 Å². The number of nitrogens with one attached hydrogen (secondary N) is 2. The van der Waals surface area contributed by atoms with E-state index >= 15 is 0 Å². The lowest BCUT2D eigenvalue weighted by Gasteiger charge is -2.34. The highest BCUT2D eigenvalue weighted by molar-refractivity contribution is 9.09. The Morgan fingerprint density at radius 2 is 1.91 bits per heavy atom. The van der Waals surface area contributed by atoms with Crippen LogP contribution in [0.15, 0.2) is 30.3 Å². The molecule has 0 aliphatic carbocycles. The van der Waals surface area contributed by atoms with Gasteiger partial charge < -0.3 is 25.4 Å². The molecular formula is C26H36BrN3O5. The second-order valence-electron chi connectivity index (χ2n) is 9.83. The molecule has 1 spiro atoms. The quantitative estimate of drug-likeness (QED) is 0.273. The summed E-state index contributed by atoms with van der Waals surface area (Å²) in [6, 6.07) is 8.85. The summed E-state index contributed by atoms with van der Waals surface area (Å²) in [5, 5.41) is 15.3. The molecule has 4 rings (SSSR count). The number of ether oxygens (including phenoxy) is 1. The minimum Gasteiger partial charge on any atom is -0.396 e. The van der Waals surface area contributed by atoms with Crippen LogP contribution < -0.4 is 10.6 Å². The Balaban J connectivity index is 1.57. The minimum absolute atomic E-state index is 0.0248. The van der Waals surface area contributed by atoms with Gasteiger partial charge in [-0.25, -0.2) is 0 Å². The van der Waals surface area contributed by atoms with Gasteiger partial charge in [-0.3, -0.25) is 14.4 Å². The van der Waals surface area contributed by atoms with Crippen LogP contribution >= 0.6 is 15.9 Å². The number of likely N-dealkylation sites (tertiary alicyclic amines) is 1. The Morgan fingerprint density at radius 3 is 2.63 bits per heavy atom. The van der Waals surface area contributed by atoms with Gasteiger partial charge in [0.05, 0.1) is 17.9 Å². The number of aliphatic hydroxyl groups excluding tert-OH is 1. The third-order valence-electron chi connectivity index (χ3n) is 7.54. The number of hydrogen-bond acceptors (Lipinski definition) is 5. The van der Waals surface area contributed by atoms with Crippen LogP contribution in [0.3, 0.4) is 0 Å². The fraction of sp³-hybridized carbons (Fsp3) is 0.654. The Hall–Kier alpha value is -1.97. The van der Waals surface area contributed by atoms with Crippen LogP contribution in [0.2, 0.25) is 0 Å². The molecule has 2 bridgehead atoms. The molecule has 0 aromatic heterocycles. The molecule has 9 heteroatoms. The first-order valence-corrected chi connectivity index (χ1v) is 13.7. The smallest absolute Gasteiger partial charge is 0.245 e. The molecule has 3 aliphatic heterocycles. The van der Waals surface area contributed by atoms with Gasteiger partial charge in [0.15, 0.2) is 0 Å². The van der Waals surface area contributed by atoms with Gasteiger partial charge in [-0.05, 0) is 31.2 Å². The molecular weight excluding hydrogens is 514 g/mol. The molecule has 3 heterocycles. The number of rotatable bonds is 12. The number of unbranched alkanes of at least 4 members (excludes halogenated alkanes) is 3. The maximum Gasteiger partial charge on any atom is 0.245 e. The molecule has 3 aliphatic rings. The zero-order valence-corrected chi connectivity index (χ0v) is 21.8. The first kappa shape index (κ1) is 26.1. The highest BCUT2D eigenvalue weighted by atomic mass is 79.9. The number of nitrogens with zero attached hydrogens (tertiary/aromatic N) is 1. The summed E-state index contributed by atoms with van der Waals surface area (Å²) < 4.78 is 6.47. The molecule has 3 unspecified atom stereocenters. The summed E-state index contributed by atoms with van der Waals surface area (Å²) in [4.78, 5) is 42.1. The van der Waals surface area contributed by atoms with Crippen LogP contribution in [-0.2, 0) is 25.7 Å². The number of carbonyl (C=O) groups excluding carboxylic acids is 3. The number of fused-ring (bicyclic) bond motifs is 1. The number of benzene rings is 1. The summed E-state index contributed by atoms with van der Waals surface area (Å²) in [6.07, 6.45) is 4.10. The fourth-order valence-corrected chi connectivity index (χ4v) is 6.89. The van der Waals surface area contributed by atoms with Crippen molar-refractivity contribution in [1.29, 1.82) is 0 Å². The maximum absolute atomic E-state index is 13.8. The zero-order chi connectivity index (χ0) is 25.0. The average molecular weight is 550 g/mol. The molecule has 3 fully saturated rings. The van der Waals surface area contributed by atoms with Crippen molar-refractivity contribution < 1.29 is 24.2 Å². The molecule has 3 amide bonds. The van der Waals surface area contributed by atoms with Gasteiger partial charge in [0.1, 0.15) is 11.6 Å². The molecule has 3 N–H and O–H groups in total. The summed E-state index contributed by atoms with van der Waals surface area (Å²) in [7, 11) is 0. The van der Waals surface area contributed by atoms with Crippen molar-refractivity contribution in [1.82, 2.24) is 15.5 Å². The van der Waals surface area contributed by atoms with Crippen LogP contribution in [0.5, 0.6) is 0 Å². The van der Waals surface area contributed by atoms with Crippen LogP contribution in [-0.4, -0.2) is 70.0 Å². The van der Waals surface area contributed by atoms with Gasteiger partial charge in [-0.15, -0.1) is 0 Å². The Kier molecular flexibility index (Phi) is 8.50. The van der Waals surface area contributed by atoms with Crippen LogP contribution in [0, 0.1) is 11.8 Å². The Labute approximate surface area is 215 Å². The van der Waals surface area contributed by atoms with Crippen molar-refractivity contribution in [2.45, 2.75) is 74.6 Å². The Morgan fingerprint density at radius 1 is 1.14 bits per heavy atom. The molecule has 8 nitrogen and oxygen atoms in total. The largest absolute Gasteiger partial charge is 0.396 e. The SMILES string of the molecule is CCCCCNC(=O)C1N(CCCCO)C(=O)[C@@H]2[C@@H](C(=O)NCc3ccccc3)[C@@H]3OC12CC3Br. The number of aliphatic hydroxyl groups is 1. The lowest BCUT2D eigenvalue weighted by molar-refractivity contribution is -0.142. The number of carbonyl (C=O) groups is 3. The van der Waals surface area contributed by atoms with Crippen LogP contribution in [0.25, 0.3) is 0 Å². The number of amides is 3. The van der Waals surface area contributed by atoms with E-state index < -0.39 is 29.6 Å². The first-order valence-electron chi connectivity index (χ1n) is 12.8. The normalized spacial score (nSPS) is 31.0. The molecule has 0 radical (unpaired) electrons. The molecule has 1 aromatic carbocycles. The van der Waals surface area contributed by atoms with Crippen molar-refractivity contribution in [3.63, 3.8) is 0 Å². The van der Waals surface area contributed by atoms with Gasteiger partial charge in [-0.2, -0.15) is 0 Å². The predicted octanol–water partition coefficient (Wildman–Crippen LogP) is 2.13. The third-order valence-corrected chi connectivity index (χ3v) is 8.38. The van der Waals surface area contributed by atoms with E-state index in [1.165, 1.54) is 0 Å². The second kappa shape index (κ2) is 11.4. The lowest BCUT2D eigenvalue weighted by atomic mass is 9.70. The molecule has 192 valence electrons. The van der Waals surface area contributed by atoms with Crippen LogP contribution in [0.1, 0.15) is 51.0 Å². The summed E-state index contributed by atoms with van der Waals surface area (Å²) in [5.74, 6) is -1.99. The number of alkyl halides is 1. The standard InChI is InChI=1S/C26H36BrN3O5/c1-2-3-7-12-28-24(33)22-26-15-18(27)21(35-26)19(20(26)25(34)30(22)13-8-9-14-31)23(32)29-16-17-10-5-4-6-11-17/h4-6,10-11,18-22,31H,2-3,7-9,12-16H2,1H3,(H,28,33)(H,29,32)/t18?,19-,20+,21-,22?,26?/m1/s1. The van der Waals surface area contributed by atoms with Gasteiger partial charge >= 0.3 is 0 Å². The van der Waals surface area contributed by atoms with Gasteiger partial charge in [-0.1, -0.05) is 66.0 Å². The monoisotopic (exact) mass is 549 g/mol. The minimum atomic E-state index is -1.03. The molecule has 0 saturated carbocycles. The molecule has 3 saturated heterocycles. The zero-order valence-electron chi connectivity index (χ0n) is 20.2. The highest BCUT2D eigenvalue weighted by Gasteiger charge is 2.76. The maximum atomic E-state index is 13.8. The fourth-order valence-electron chi connectivity index (χ4n) is 5.95. The van der Waals surface area contributed by atoms with Crippen molar-refractivity contribution in [2.75, 3.05) is 19.7 Å². The second-order valence-corrected chi connectivity index (χ2v) is 11.0. The highest BCUT2D eigenvalue weighted by Crippen LogP contribution is 2.60. The van der Waals surface area contributed by atoms with E-state index in [1.54, 1.807) is 4.90 Å². The summed E-state index contributed by atoms with van der Waals surface area (Å²) in [5.41, 5.74) is -0.0543. The van der Waals surface area contributed by atoms with E-state index in [0.29, 0.717) is 38.9 Å². The van der Waals surface area contributed by atoms with Gasteiger partial charge in [0.2, 0.25) is 17.7 Å². The Bertz CT molecular complexity index is 916. The van der Waals surface area contributed by atoms with E-state index in [4.69, 9.17) is 4.74 Å². The van der Waals surface area contributed by atoms with Crippen molar-refractivity contribution in [2.24, 2.45) is 11.8 Å². The predicted molar refractivity (Wildman–Crippen MR) is 135 cm³/mol. The van der Waals surface area contributed by atoms with E-state index in [2.05, 4.69) is 33.5 Å². The lowest BCUT2D eigenvalue weighted by Crippen LogP contribution is -2.56. The molecule has 35 heavy (non-hydrogen) atoms. The van der Waals surface area contributed by atoms with E-state index in [0.717, 1.165) is 24.8 Å². The third kappa shape index (κ3) is 5.00. The van der Waals surface area contributed by atoms with Crippen molar-refractivity contribution in [3.8, 4) is 0 Å². The summed E-state index contributed by atoms with van der Waals surface area (Å²) in [6.45, 7) is 3.39. The number of hydrogen-bond donors (Lipinski definition) is 3. The number of halogens is 1. The molecule has 6 atom stereocenters. The van der Waals surface area contributed by atoms with E-state index in [1.807, 2.05) is 30.3 Å². The summed E-state index contributed by atoms with van der Waals surface area (Å²) >= 11 is 3.69. The molecule has 1 aromatic rings. The van der Waals surface area contributed by atoms with Crippen molar-refractivity contribution >= 4 is 33.7 Å².